The van der Waals surface area contributed by atoms with Crippen LogP contribution >= 0.6 is 0 Å². The molecule has 0 radical (unpaired) electrons. The average Bonchev–Trinajstić information content (AvgIpc) is 2.27. The third-order valence-electron chi connectivity index (χ3n) is 3.41. The van der Waals surface area contributed by atoms with Gasteiger partial charge in [0.05, 0.1) is 18.7 Å². The van der Waals surface area contributed by atoms with Crippen molar-refractivity contribution in [3.05, 3.63) is 29.3 Å². The molecule has 1 aliphatic rings. The first-order valence-corrected chi connectivity index (χ1v) is 5.83. The average molecular weight is 234 g/mol. The smallest absolute Gasteiger partial charge is 0.254 e. The van der Waals surface area contributed by atoms with E-state index in [4.69, 9.17) is 5.73 Å². The van der Waals surface area contributed by atoms with E-state index in [1.807, 2.05) is 19.9 Å². The number of rotatable bonds is 2. The summed E-state index contributed by atoms with van der Waals surface area (Å²) in [6.45, 7) is 4.64. The Morgan fingerprint density at radius 1 is 1.53 bits per heavy atom. The molecule has 92 valence electrons. The van der Waals surface area contributed by atoms with Crippen molar-refractivity contribution in [2.75, 3.05) is 18.8 Å². The highest BCUT2D eigenvalue weighted by Gasteiger charge is 2.42. The molecule has 0 atom stereocenters. The molecule has 0 unspecified atom stereocenters. The van der Waals surface area contributed by atoms with Gasteiger partial charge in [0.25, 0.3) is 5.91 Å². The number of aryl methyl sites for hydroxylation is 1. The van der Waals surface area contributed by atoms with Crippen molar-refractivity contribution in [3.8, 4) is 0 Å². The van der Waals surface area contributed by atoms with Crippen molar-refractivity contribution in [1.29, 1.82) is 0 Å². The molecule has 17 heavy (non-hydrogen) atoms. The molecule has 1 heterocycles. The number of hydrogen-bond donors (Lipinski definition) is 2. The van der Waals surface area contributed by atoms with Crippen molar-refractivity contribution in [2.45, 2.75) is 25.9 Å². The minimum atomic E-state index is -0.691. The molecule has 2 rings (SSSR count). The monoisotopic (exact) mass is 234 g/mol. The molecule has 1 aromatic rings. The summed E-state index contributed by atoms with van der Waals surface area (Å²) in [6, 6.07) is 5.32. The van der Waals surface area contributed by atoms with Gasteiger partial charge in [0, 0.05) is 11.3 Å². The van der Waals surface area contributed by atoms with Gasteiger partial charge in [0.1, 0.15) is 0 Å². The fourth-order valence-corrected chi connectivity index (χ4v) is 2.07. The van der Waals surface area contributed by atoms with Crippen LogP contribution in [0.5, 0.6) is 0 Å². The maximum Gasteiger partial charge on any atom is 0.254 e. The Bertz CT molecular complexity index is 451. The van der Waals surface area contributed by atoms with Gasteiger partial charge in [-0.25, -0.2) is 0 Å². The van der Waals surface area contributed by atoms with Gasteiger partial charge >= 0.3 is 0 Å². The maximum atomic E-state index is 12.2. The Morgan fingerprint density at radius 3 is 2.76 bits per heavy atom. The number of anilines is 1. The lowest BCUT2D eigenvalue weighted by atomic mass is 9.90. The number of carbonyl (C=O) groups excluding carboxylic acids is 1. The van der Waals surface area contributed by atoms with Crippen LogP contribution in [-0.4, -0.2) is 34.6 Å². The SMILES string of the molecule is CCC1(O)CN(C(=O)c2cc(N)ccc2C)C1. The summed E-state index contributed by atoms with van der Waals surface area (Å²) in [5.41, 5.74) is 7.12. The third-order valence-corrected chi connectivity index (χ3v) is 3.41. The van der Waals surface area contributed by atoms with Crippen molar-refractivity contribution in [1.82, 2.24) is 4.90 Å². The van der Waals surface area contributed by atoms with Gasteiger partial charge in [-0.2, -0.15) is 0 Å². The van der Waals surface area contributed by atoms with Crippen LogP contribution in [0.1, 0.15) is 29.3 Å². The van der Waals surface area contributed by atoms with E-state index in [1.165, 1.54) is 0 Å². The fourth-order valence-electron chi connectivity index (χ4n) is 2.07. The Labute approximate surface area is 101 Å². The Morgan fingerprint density at radius 2 is 2.18 bits per heavy atom. The van der Waals surface area contributed by atoms with Crippen LogP contribution in [0.25, 0.3) is 0 Å². The zero-order chi connectivity index (χ0) is 12.6. The summed E-state index contributed by atoms with van der Waals surface area (Å²) in [5.74, 6) is -0.0482. The summed E-state index contributed by atoms with van der Waals surface area (Å²) in [4.78, 5) is 13.8. The quantitative estimate of drug-likeness (QED) is 0.755. The molecular weight excluding hydrogens is 216 g/mol. The van der Waals surface area contributed by atoms with Crippen LogP contribution in [0.3, 0.4) is 0 Å². The van der Waals surface area contributed by atoms with Gasteiger partial charge in [0.2, 0.25) is 0 Å². The lowest BCUT2D eigenvalue weighted by molar-refractivity contribution is -0.0826. The number of likely N-dealkylation sites (tertiary alicyclic amines) is 1. The van der Waals surface area contributed by atoms with E-state index in [9.17, 15) is 9.90 Å². The number of hydrogen-bond acceptors (Lipinski definition) is 3. The van der Waals surface area contributed by atoms with E-state index in [-0.39, 0.29) is 5.91 Å². The molecule has 1 amide bonds. The van der Waals surface area contributed by atoms with E-state index < -0.39 is 5.60 Å². The standard InChI is InChI=1S/C13H18N2O2/c1-3-13(17)7-15(8-13)12(16)11-6-10(14)5-4-9(11)2/h4-6,17H,3,7-8,14H2,1-2H3. The lowest BCUT2D eigenvalue weighted by Crippen LogP contribution is -2.63. The molecule has 4 heteroatoms. The summed E-state index contributed by atoms with van der Waals surface area (Å²) < 4.78 is 0. The van der Waals surface area contributed by atoms with E-state index in [0.717, 1.165) is 5.56 Å². The largest absolute Gasteiger partial charge is 0.399 e. The molecule has 0 bridgehead atoms. The second-order valence-corrected chi connectivity index (χ2v) is 4.81. The minimum absolute atomic E-state index is 0.0482. The van der Waals surface area contributed by atoms with Crippen LogP contribution < -0.4 is 5.73 Å². The highest BCUT2D eigenvalue weighted by Crippen LogP contribution is 2.27. The first-order valence-electron chi connectivity index (χ1n) is 5.83. The van der Waals surface area contributed by atoms with Gasteiger partial charge in [-0.15, -0.1) is 0 Å². The van der Waals surface area contributed by atoms with Crippen molar-refractivity contribution < 1.29 is 9.90 Å². The molecular formula is C13H18N2O2. The van der Waals surface area contributed by atoms with Crippen molar-refractivity contribution in [3.63, 3.8) is 0 Å². The molecule has 1 fully saturated rings. The zero-order valence-corrected chi connectivity index (χ0v) is 10.2. The second kappa shape index (κ2) is 4.04. The summed E-state index contributed by atoms with van der Waals surface area (Å²) in [6.07, 6.45) is 0.673. The van der Waals surface area contributed by atoms with Crippen LogP contribution in [0.2, 0.25) is 0 Å². The van der Waals surface area contributed by atoms with Gasteiger partial charge < -0.3 is 15.7 Å². The topological polar surface area (TPSA) is 66.6 Å². The van der Waals surface area contributed by atoms with E-state index >= 15 is 0 Å². The zero-order valence-electron chi connectivity index (χ0n) is 10.2. The Balaban J connectivity index is 2.14. The van der Waals surface area contributed by atoms with Gasteiger partial charge in [-0.05, 0) is 31.0 Å². The number of nitrogen functional groups attached to an aromatic ring is 1. The molecule has 0 spiro atoms. The number of aliphatic hydroxyl groups is 1. The van der Waals surface area contributed by atoms with Crippen LogP contribution in [-0.2, 0) is 0 Å². The van der Waals surface area contributed by atoms with Gasteiger partial charge in [0.15, 0.2) is 0 Å². The van der Waals surface area contributed by atoms with Gasteiger partial charge in [-0.1, -0.05) is 13.0 Å². The van der Waals surface area contributed by atoms with Crippen molar-refractivity contribution in [2.24, 2.45) is 0 Å². The van der Waals surface area contributed by atoms with Crippen LogP contribution in [0.4, 0.5) is 5.69 Å². The molecule has 0 aromatic heterocycles. The van der Waals surface area contributed by atoms with Crippen LogP contribution in [0.15, 0.2) is 18.2 Å². The molecule has 0 aliphatic carbocycles. The highest BCUT2D eigenvalue weighted by atomic mass is 16.3. The predicted octanol–water partition coefficient (Wildman–Crippen LogP) is 1.17. The molecule has 1 saturated heterocycles. The summed E-state index contributed by atoms with van der Waals surface area (Å²) >= 11 is 0. The number of benzene rings is 1. The number of carbonyl (C=O) groups is 1. The summed E-state index contributed by atoms with van der Waals surface area (Å²) in [7, 11) is 0. The molecule has 3 N–H and O–H groups in total. The number of nitrogens with zero attached hydrogens (tertiary/aromatic N) is 1. The lowest BCUT2D eigenvalue weighted by Gasteiger charge is -2.46. The minimum Gasteiger partial charge on any atom is -0.399 e. The van der Waals surface area contributed by atoms with E-state index in [0.29, 0.717) is 30.8 Å². The fraction of sp³-hybridized carbons (Fsp3) is 0.462. The Hall–Kier alpha value is -1.55. The molecule has 1 aliphatic heterocycles. The third kappa shape index (κ3) is 2.13. The molecule has 0 saturated carbocycles. The van der Waals surface area contributed by atoms with Crippen LogP contribution in [0, 0.1) is 6.92 Å². The Kier molecular flexibility index (Phi) is 2.83. The predicted molar refractivity (Wildman–Crippen MR) is 66.7 cm³/mol. The number of amides is 1. The number of nitrogens with two attached hydrogens (primary N) is 1. The van der Waals surface area contributed by atoms with E-state index in [1.54, 1.807) is 17.0 Å². The summed E-state index contributed by atoms with van der Waals surface area (Å²) in [5, 5.41) is 9.89. The maximum absolute atomic E-state index is 12.2. The molecule has 1 aromatic carbocycles. The first-order chi connectivity index (χ1) is 7.95. The normalized spacial score (nSPS) is 17.7. The second-order valence-electron chi connectivity index (χ2n) is 4.81. The van der Waals surface area contributed by atoms with Gasteiger partial charge in [-0.3, -0.25) is 4.79 Å². The number of β-amino-alcohol motifs (C(OH)–C–C–N with tert-alkyl or cyclic N) is 1. The molecule has 4 nitrogen and oxygen atoms in total. The highest BCUT2D eigenvalue weighted by molar-refractivity contribution is 5.97. The van der Waals surface area contributed by atoms with E-state index in [2.05, 4.69) is 0 Å². The first kappa shape index (κ1) is 11.9. The van der Waals surface area contributed by atoms with Crippen molar-refractivity contribution >= 4 is 11.6 Å².